The average Bonchev–Trinajstić information content (AvgIpc) is 3.78. The number of para-hydroxylation sites is 1. The molecule has 9 aromatic rings. The number of phenols is 1. The highest BCUT2D eigenvalue weighted by atomic mass is 16.3. The maximum atomic E-state index is 12.7. The molecule has 0 aliphatic rings. The molecule has 0 aliphatic heterocycles. The summed E-state index contributed by atoms with van der Waals surface area (Å²) in [7, 11) is 0. The largest absolute Gasteiger partial charge is 0.507 e. The number of hydrogen-bond acceptors (Lipinski definition) is 3. The van der Waals surface area contributed by atoms with Crippen molar-refractivity contribution in [1.29, 1.82) is 0 Å². The minimum Gasteiger partial charge on any atom is -0.507 e. The van der Waals surface area contributed by atoms with E-state index in [4.69, 9.17) is 19.6 Å². The van der Waals surface area contributed by atoms with Crippen molar-refractivity contribution in [1.82, 2.24) is 14.5 Å². The monoisotopic (exact) mass is 913 g/mol. The van der Waals surface area contributed by atoms with E-state index in [2.05, 4.69) is 197 Å². The number of phenolic OH excluding ortho intramolecular Hbond substituents is 1. The Morgan fingerprint density at radius 1 is 0.507 bits per heavy atom. The van der Waals surface area contributed by atoms with Gasteiger partial charge in [-0.3, -0.25) is 9.55 Å². The van der Waals surface area contributed by atoms with Gasteiger partial charge in [-0.15, -0.1) is 0 Å². The van der Waals surface area contributed by atoms with E-state index >= 15 is 0 Å². The second-order valence-corrected chi connectivity index (χ2v) is 22.5. The molecule has 7 aromatic carbocycles. The van der Waals surface area contributed by atoms with Crippen LogP contribution in [0.25, 0.3) is 83.9 Å². The number of nitrogens with zero attached hydrogens (tertiary/aromatic N) is 3. The lowest BCUT2D eigenvalue weighted by Gasteiger charge is -2.27. The van der Waals surface area contributed by atoms with Gasteiger partial charge in [0.25, 0.3) is 0 Å². The molecule has 4 nitrogen and oxygen atoms in total. The van der Waals surface area contributed by atoms with Gasteiger partial charge in [0, 0.05) is 32.6 Å². The average molecular weight is 913 g/mol. The lowest BCUT2D eigenvalue weighted by Crippen LogP contribution is -2.17. The number of aromatic hydroxyl groups is 1. The molecule has 0 bridgehead atoms. The Kier molecular flexibility index (Phi) is 9.85. The van der Waals surface area contributed by atoms with E-state index in [9.17, 15) is 5.11 Å². The first kappa shape index (κ1) is 38.9. The summed E-state index contributed by atoms with van der Waals surface area (Å²) in [4.78, 5) is 10.5. The molecule has 0 atom stereocenters. The zero-order valence-corrected chi connectivity index (χ0v) is 42.1. The number of hydrogen-bond donors (Lipinski definition) is 1. The summed E-state index contributed by atoms with van der Waals surface area (Å²) in [5.74, 6) is 0.754. The summed E-state index contributed by atoms with van der Waals surface area (Å²) < 4.78 is 61.4. The van der Waals surface area contributed by atoms with Crippen LogP contribution in [0.15, 0.2) is 164 Å². The van der Waals surface area contributed by atoms with Crippen LogP contribution in [-0.4, -0.2) is 19.6 Å². The molecular weight excluding hydrogens is 839 g/mol. The zero-order chi connectivity index (χ0) is 55.2. The molecule has 2 aromatic heterocycles. The molecular formula is C65H67N3O. The quantitative estimate of drug-likeness (QED) is 0.173. The Balaban J connectivity index is 1.34. The van der Waals surface area contributed by atoms with Crippen molar-refractivity contribution < 1.29 is 14.7 Å². The molecule has 0 amide bonds. The molecule has 2 heterocycles. The number of aromatic nitrogens is 3. The predicted molar refractivity (Wildman–Crippen MR) is 293 cm³/mol. The number of benzene rings is 7. The van der Waals surface area contributed by atoms with Crippen LogP contribution in [0.5, 0.6) is 5.75 Å². The third-order valence-electron chi connectivity index (χ3n) is 13.2. The molecule has 0 saturated carbocycles. The Morgan fingerprint density at radius 2 is 1.17 bits per heavy atom. The van der Waals surface area contributed by atoms with Gasteiger partial charge in [0.15, 0.2) is 0 Å². The van der Waals surface area contributed by atoms with Crippen LogP contribution in [0.4, 0.5) is 0 Å². The number of rotatable bonds is 7. The van der Waals surface area contributed by atoms with Crippen molar-refractivity contribution in [2.45, 2.75) is 112 Å². The Bertz CT molecular complexity index is 3710. The first-order valence-electron chi connectivity index (χ1n) is 27.4. The summed E-state index contributed by atoms with van der Waals surface area (Å²) in [5, 5.41) is 12.7. The van der Waals surface area contributed by atoms with E-state index in [-0.39, 0.29) is 27.6 Å². The zero-order valence-electron chi connectivity index (χ0n) is 49.1. The van der Waals surface area contributed by atoms with Crippen LogP contribution in [0.1, 0.15) is 120 Å². The van der Waals surface area contributed by atoms with Crippen LogP contribution in [0.2, 0.25) is 0 Å². The van der Waals surface area contributed by atoms with Crippen molar-refractivity contribution in [3.05, 3.63) is 192 Å². The van der Waals surface area contributed by atoms with E-state index < -0.39 is 42.0 Å². The molecule has 0 radical (unpaired) electrons. The Labute approximate surface area is 420 Å². The fraction of sp³-hybridized carbons (Fsp3) is 0.262. The van der Waals surface area contributed by atoms with Crippen molar-refractivity contribution in [2.75, 3.05) is 0 Å². The molecule has 9 rings (SSSR count). The maximum Gasteiger partial charge on any atom is 0.149 e. The first-order chi connectivity index (χ1) is 35.4. The van der Waals surface area contributed by atoms with Crippen LogP contribution < -0.4 is 0 Å². The van der Waals surface area contributed by atoms with Gasteiger partial charge in [0.2, 0.25) is 0 Å². The molecule has 0 saturated heterocycles. The van der Waals surface area contributed by atoms with E-state index in [0.29, 0.717) is 28.2 Å². The van der Waals surface area contributed by atoms with Crippen LogP contribution in [-0.2, 0) is 21.7 Å². The van der Waals surface area contributed by atoms with Gasteiger partial charge in [0.1, 0.15) is 11.6 Å². The summed E-state index contributed by atoms with van der Waals surface area (Å²) in [6.07, 6.45) is 1.56. The van der Waals surface area contributed by atoms with Gasteiger partial charge in [-0.2, -0.15) is 0 Å². The minimum absolute atomic E-state index is 0.00846. The second-order valence-electron chi connectivity index (χ2n) is 22.5. The van der Waals surface area contributed by atoms with E-state index in [1.165, 1.54) is 5.56 Å². The van der Waals surface area contributed by atoms with Crippen molar-refractivity contribution in [2.24, 2.45) is 0 Å². The van der Waals surface area contributed by atoms with Gasteiger partial charge in [0.05, 0.1) is 33.5 Å². The molecule has 0 fully saturated rings. The summed E-state index contributed by atoms with van der Waals surface area (Å²) in [6, 6.07) is 43.8. The van der Waals surface area contributed by atoms with E-state index in [1.54, 1.807) is 18.3 Å². The SMILES string of the molecule is [2H]c1c([2H])c(-c2ccnc(-c3cc(-c4cccc5c4nc(-c4cc(C(C)(C)C)cc(C(C)(C)C)c4O)n5-c4ccc(-c5ccc(C(C)(C)C)cc5)cc4-c4ccccc4)cc(C(C)(C)C)c3)c2)c([2H])c(C([2H])([2H])[2H])c1[2H]. The van der Waals surface area contributed by atoms with Crippen molar-refractivity contribution in [3.63, 3.8) is 0 Å². The van der Waals surface area contributed by atoms with Gasteiger partial charge in [-0.05, 0) is 127 Å². The van der Waals surface area contributed by atoms with Gasteiger partial charge in [-0.1, -0.05) is 198 Å². The smallest absolute Gasteiger partial charge is 0.149 e. The van der Waals surface area contributed by atoms with Crippen LogP contribution >= 0.6 is 0 Å². The first-order valence-corrected chi connectivity index (χ1v) is 23.9. The van der Waals surface area contributed by atoms with Gasteiger partial charge < -0.3 is 5.11 Å². The summed E-state index contributed by atoms with van der Waals surface area (Å²) in [6.45, 7) is 23.2. The molecule has 0 unspecified atom stereocenters. The predicted octanol–water partition coefficient (Wildman–Crippen LogP) is 17.6. The molecule has 0 aliphatic carbocycles. The standard InChI is InChI=1S/C65H67N3O/c1-41-19-17-22-44(33-41)46-31-32-66-56(38-46)48-34-47(35-50(36-48)63(5,6)7)52-23-18-24-58-59(52)67-61(54-39-51(64(8,9)10)40-55(60(54)69)65(11,12)13)68(58)57-30-27-45(37-53(57)43-20-15-14-16-21-43)42-25-28-49(29-26-42)62(2,3)4/h14-40,69H,1-13H3/i1D3,17D,19D,22D,33D. The topological polar surface area (TPSA) is 50.9 Å². The maximum absolute atomic E-state index is 12.7. The molecule has 4 heteroatoms. The lowest BCUT2D eigenvalue weighted by molar-refractivity contribution is 0.446. The summed E-state index contributed by atoms with van der Waals surface area (Å²) in [5.41, 5.74) is 13.1. The Morgan fingerprint density at radius 3 is 1.86 bits per heavy atom. The highest BCUT2D eigenvalue weighted by Crippen LogP contribution is 2.46. The van der Waals surface area contributed by atoms with Gasteiger partial charge >= 0.3 is 0 Å². The van der Waals surface area contributed by atoms with E-state index in [1.807, 2.05) is 12.1 Å². The van der Waals surface area contributed by atoms with Crippen LogP contribution in [0, 0.1) is 6.85 Å². The second kappa shape index (κ2) is 17.5. The van der Waals surface area contributed by atoms with Crippen LogP contribution in [0.3, 0.4) is 0 Å². The number of pyridine rings is 1. The highest BCUT2D eigenvalue weighted by Gasteiger charge is 2.30. The normalized spacial score (nSPS) is 14.1. The number of imidazole rings is 1. The third-order valence-corrected chi connectivity index (χ3v) is 13.2. The number of fused-ring (bicyclic) bond motifs is 1. The highest BCUT2D eigenvalue weighted by molar-refractivity contribution is 5.98. The van der Waals surface area contributed by atoms with E-state index in [0.717, 1.165) is 66.8 Å². The third kappa shape index (κ3) is 9.42. The fourth-order valence-electron chi connectivity index (χ4n) is 9.08. The molecule has 1 N–H and O–H groups in total. The Hall–Kier alpha value is -7.04. The fourth-order valence-corrected chi connectivity index (χ4v) is 9.08. The molecule has 0 spiro atoms. The lowest BCUT2D eigenvalue weighted by atomic mass is 9.79. The van der Waals surface area contributed by atoms with Crippen molar-refractivity contribution >= 4 is 11.0 Å². The molecule has 348 valence electrons. The van der Waals surface area contributed by atoms with Gasteiger partial charge in [-0.25, -0.2) is 4.98 Å². The molecule has 69 heavy (non-hydrogen) atoms. The summed E-state index contributed by atoms with van der Waals surface area (Å²) >= 11 is 0. The van der Waals surface area contributed by atoms with Crippen molar-refractivity contribution in [3.8, 4) is 78.6 Å². The minimum atomic E-state index is -2.83.